The highest BCUT2D eigenvalue weighted by molar-refractivity contribution is 5.76. The Hall–Kier alpha value is -3.10. The van der Waals surface area contributed by atoms with E-state index >= 15 is 0 Å². The van der Waals surface area contributed by atoms with Crippen molar-refractivity contribution in [2.24, 2.45) is 0 Å². The molecule has 9 heteroatoms. The summed E-state index contributed by atoms with van der Waals surface area (Å²) in [5, 5.41) is 15.3. The van der Waals surface area contributed by atoms with Gasteiger partial charge < -0.3 is 14.4 Å². The molecule has 1 atom stereocenters. The maximum absolute atomic E-state index is 12.7. The van der Waals surface area contributed by atoms with Gasteiger partial charge in [-0.15, -0.1) is 0 Å². The van der Waals surface area contributed by atoms with E-state index < -0.39 is 4.92 Å². The van der Waals surface area contributed by atoms with Gasteiger partial charge in [0.25, 0.3) is 0 Å². The largest absolute Gasteiger partial charge is 0.486 e. The van der Waals surface area contributed by atoms with E-state index in [1.165, 1.54) is 4.68 Å². The van der Waals surface area contributed by atoms with Crippen molar-refractivity contribution in [1.82, 2.24) is 14.7 Å². The second-order valence-corrected chi connectivity index (χ2v) is 6.36. The summed E-state index contributed by atoms with van der Waals surface area (Å²) in [5.74, 6) is 1.17. The van der Waals surface area contributed by atoms with Crippen LogP contribution >= 0.6 is 0 Å². The smallest absolute Gasteiger partial charge is 0.312 e. The highest BCUT2D eigenvalue weighted by Gasteiger charge is 2.27. The first-order chi connectivity index (χ1) is 12.9. The van der Waals surface area contributed by atoms with E-state index in [9.17, 15) is 14.9 Å². The Balaban J connectivity index is 1.67. The van der Waals surface area contributed by atoms with Crippen LogP contribution in [-0.4, -0.2) is 51.3 Å². The van der Waals surface area contributed by atoms with E-state index in [1.807, 2.05) is 31.2 Å². The van der Waals surface area contributed by atoms with Crippen molar-refractivity contribution >= 4 is 11.6 Å². The number of hydrogen-bond acceptors (Lipinski definition) is 6. The van der Waals surface area contributed by atoms with E-state index in [2.05, 4.69) is 5.10 Å². The molecular formula is C18H22N4O5. The number of likely N-dealkylation sites (N-methyl/N-ethyl adjacent to an activating group) is 1. The molecule has 0 saturated heterocycles. The highest BCUT2D eigenvalue weighted by Crippen LogP contribution is 2.31. The molecule has 0 spiro atoms. The number of fused-ring (bicyclic) bond motifs is 1. The minimum Gasteiger partial charge on any atom is -0.486 e. The molecule has 1 aliphatic heterocycles. The predicted octanol–water partition coefficient (Wildman–Crippen LogP) is 2.10. The van der Waals surface area contributed by atoms with Gasteiger partial charge in [0.2, 0.25) is 5.91 Å². The van der Waals surface area contributed by atoms with Crippen molar-refractivity contribution in [3.8, 4) is 11.5 Å². The van der Waals surface area contributed by atoms with Gasteiger partial charge in [0.05, 0.1) is 11.5 Å². The summed E-state index contributed by atoms with van der Waals surface area (Å²) in [6.07, 6.45) is -0.279. The number of rotatable bonds is 6. The van der Waals surface area contributed by atoms with Gasteiger partial charge in [0.1, 0.15) is 24.5 Å². The van der Waals surface area contributed by atoms with Crippen molar-refractivity contribution in [3.63, 3.8) is 0 Å². The first-order valence-corrected chi connectivity index (χ1v) is 8.75. The first-order valence-electron chi connectivity index (χ1n) is 8.75. The lowest BCUT2D eigenvalue weighted by Gasteiger charge is -2.31. The number of amides is 1. The van der Waals surface area contributed by atoms with Gasteiger partial charge in [-0.1, -0.05) is 12.1 Å². The summed E-state index contributed by atoms with van der Waals surface area (Å²) >= 11 is 0. The molecule has 3 rings (SSSR count). The average Bonchev–Trinajstić information content (AvgIpc) is 2.92. The number of hydrogen-bond donors (Lipinski definition) is 0. The lowest BCUT2D eigenvalue weighted by molar-refractivity contribution is -0.386. The quantitative estimate of drug-likeness (QED) is 0.567. The van der Waals surface area contributed by atoms with Crippen molar-refractivity contribution in [2.75, 3.05) is 19.7 Å². The standard InChI is InChI=1S/C18H22N4O5/c1-4-20(9-14-11-26-15-7-5-6-8-16(15)27-14)17(23)10-21-13(3)18(22(24)25)12(2)19-21/h5-8,14H,4,9-11H2,1-3H3/t14-/m0/s1. The van der Waals surface area contributed by atoms with E-state index in [4.69, 9.17) is 9.47 Å². The van der Waals surface area contributed by atoms with Gasteiger partial charge in [0, 0.05) is 6.54 Å². The van der Waals surface area contributed by atoms with Gasteiger partial charge in [0.15, 0.2) is 17.6 Å². The molecule has 1 aliphatic rings. The SMILES string of the molecule is CCN(C[C@H]1COc2ccccc2O1)C(=O)Cn1nc(C)c([N+](=O)[O-])c1C. The van der Waals surface area contributed by atoms with Gasteiger partial charge >= 0.3 is 5.69 Å². The van der Waals surface area contributed by atoms with Gasteiger partial charge in [-0.3, -0.25) is 19.6 Å². The Morgan fingerprint density at radius 1 is 1.37 bits per heavy atom. The number of nitro groups is 1. The van der Waals surface area contributed by atoms with Gasteiger partial charge in [-0.25, -0.2) is 0 Å². The van der Waals surface area contributed by atoms with E-state index in [1.54, 1.807) is 18.7 Å². The van der Waals surface area contributed by atoms with Crippen molar-refractivity contribution in [3.05, 3.63) is 45.8 Å². The fourth-order valence-corrected chi connectivity index (χ4v) is 3.14. The second-order valence-electron chi connectivity index (χ2n) is 6.36. The Bertz CT molecular complexity index is 863. The molecule has 1 aromatic heterocycles. The number of para-hydroxylation sites is 2. The molecule has 0 aliphatic carbocycles. The van der Waals surface area contributed by atoms with Crippen LogP contribution in [0.4, 0.5) is 5.69 Å². The number of aryl methyl sites for hydroxylation is 1. The number of benzene rings is 1. The second kappa shape index (κ2) is 7.65. The summed E-state index contributed by atoms with van der Waals surface area (Å²) in [4.78, 5) is 25.0. The average molecular weight is 374 g/mol. The number of aromatic nitrogens is 2. The fraction of sp³-hybridized carbons (Fsp3) is 0.444. The molecule has 0 bridgehead atoms. The zero-order valence-corrected chi connectivity index (χ0v) is 15.5. The van der Waals surface area contributed by atoms with E-state index in [0.29, 0.717) is 42.6 Å². The predicted molar refractivity (Wildman–Crippen MR) is 97.0 cm³/mol. The van der Waals surface area contributed by atoms with Gasteiger partial charge in [-0.05, 0) is 32.9 Å². The summed E-state index contributed by atoms with van der Waals surface area (Å²) in [6.45, 7) is 6.18. The van der Waals surface area contributed by atoms with Crippen LogP contribution in [-0.2, 0) is 11.3 Å². The summed E-state index contributed by atoms with van der Waals surface area (Å²) in [6, 6.07) is 7.40. The topological polar surface area (TPSA) is 99.7 Å². The van der Waals surface area contributed by atoms with E-state index in [-0.39, 0.29) is 24.2 Å². The van der Waals surface area contributed by atoms with Crippen molar-refractivity contribution < 1.29 is 19.2 Å². The van der Waals surface area contributed by atoms with Crippen LogP contribution in [0.1, 0.15) is 18.3 Å². The third-order valence-corrected chi connectivity index (χ3v) is 4.54. The number of ether oxygens (including phenoxy) is 2. The molecule has 27 heavy (non-hydrogen) atoms. The third kappa shape index (κ3) is 3.86. The minimum atomic E-state index is -0.471. The molecule has 1 amide bonds. The van der Waals surface area contributed by atoms with Crippen LogP contribution in [0.2, 0.25) is 0 Å². The van der Waals surface area contributed by atoms with Crippen LogP contribution < -0.4 is 9.47 Å². The van der Waals surface area contributed by atoms with Crippen molar-refractivity contribution in [1.29, 1.82) is 0 Å². The molecular weight excluding hydrogens is 352 g/mol. The van der Waals surface area contributed by atoms with Gasteiger partial charge in [-0.2, -0.15) is 5.10 Å². The van der Waals surface area contributed by atoms with Crippen LogP contribution in [0.3, 0.4) is 0 Å². The summed E-state index contributed by atoms with van der Waals surface area (Å²) < 4.78 is 13.0. The Morgan fingerprint density at radius 2 is 2.07 bits per heavy atom. The highest BCUT2D eigenvalue weighted by atomic mass is 16.6. The fourth-order valence-electron chi connectivity index (χ4n) is 3.14. The van der Waals surface area contributed by atoms with Crippen LogP contribution in [0, 0.1) is 24.0 Å². The molecule has 0 radical (unpaired) electrons. The number of nitrogens with zero attached hydrogens (tertiary/aromatic N) is 4. The molecule has 0 unspecified atom stereocenters. The molecule has 2 heterocycles. The minimum absolute atomic E-state index is 0.0496. The lowest BCUT2D eigenvalue weighted by Crippen LogP contribution is -2.44. The van der Waals surface area contributed by atoms with Crippen LogP contribution in [0.25, 0.3) is 0 Å². The molecule has 0 fully saturated rings. The number of carbonyl (C=O) groups is 1. The maximum Gasteiger partial charge on any atom is 0.312 e. The molecule has 0 N–H and O–H groups in total. The van der Waals surface area contributed by atoms with Crippen LogP contribution in [0.15, 0.2) is 24.3 Å². The summed E-state index contributed by atoms with van der Waals surface area (Å²) in [7, 11) is 0. The summed E-state index contributed by atoms with van der Waals surface area (Å²) in [5.41, 5.74) is 0.619. The molecule has 9 nitrogen and oxygen atoms in total. The zero-order valence-electron chi connectivity index (χ0n) is 15.5. The Labute approximate surface area is 156 Å². The first kappa shape index (κ1) is 18.7. The van der Waals surface area contributed by atoms with Crippen molar-refractivity contribution in [2.45, 2.75) is 33.4 Å². The molecule has 0 saturated carbocycles. The zero-order chi connectivity index (χ0) is 19.6. The normalized spacial score (nSPS) is 15.4. The number of carbonyl (C=O) groups excluding carboxylic acids is 1. The molecule has 1 aromatic carbocycles. The third-order valence-electron chi connectivity index (χ3n) is 4.54. The van der Waals surface area contributed by atoms with Crippen LogP contribution in [0.5, 0.6) is 11.5 Å². The maximum atomic E-state index is 12.7. The van der Waals surface area contributed by atoms with E-state index in [0.717, 1.165) is 0 Å². The molecule has 2 aromatic rings. The Kier molecular flexibility index (Phi) is 5.29. The molecule has 144 valence electrons. The monoisotopic (exact) mass is 374 g/mol. The lowest BCUT2D eigenvalue weighted by atomic mass is 10.2. The Morgan fingerprint density at radius 3 is 2.70 bits per heavy atom.